The minimum atomic E-state index is -2.91. The fourth-order valence-electron chi connectivity index (χ4n) is 1.46. The molecule has 0 aliphatic heterocycles. The first-order valence-corrected chi connectivity index (χ1v) is 5.12. The van der Waals surface area contributed by atoms with Gasteiger partial charge in [0.2, 0.25) is 0 Å². The van der Waals surface area contributed by atoms with E-state index in [0.717, 1.165) is 6.20 Å². The molecule has 0 aromatic carbocycles. The number of hydrogen-bond acceptors (Lipinski definition) is 5. The third-order valence-corrected chi connectivity index (χ3v) is 2.20. The van der Waals surface area contributed by atoms with Crippen LogP contribution in [0.5, 0.6) is 0 Å². The van der Waals surface area contributed by atoms with Gasteiger partial charge < -0.3 is 10.5 Å². The molecule has 0 unspecified atom stereocenters. The van der Waals surface area contributed by atoms with E-state index < -0.39 is 23.5 Å². The molecule has 1 heterocycles. The maximum atomic E-state index is 12.9. The second-order valence-corrected chi connectivity index (χ2v) is 3.35. The van der Waals surface area contributed by atoms with E-state index in [1.165, 1.54) is 0 Å². The second-order valence-electron chi connectivity index (χ2n) is 3.35. The molecule has 0 aliphatic carbocycles. The molecule has 18 heavy (non-hydrogen) atoms. The molecule has 1 aromatic heterocycles. The van der Waals surface area contributed by atoms with Crippen molar-refractivity contribution < 1.29 is 18.3 Å². The second kappa shape index (κ2) is 5.91. The Kier molecular flexibility index (Phi) is 4.54. The van der Waals surface area contributed by atoms with E-state index in [2.05, 4.69) is 9.72 Å². The molecule has 96 valence electrons. The van der Waals surface area contributed by atoms with Gasteiger partial charge in [-0.1, -0.05) is 0 Å². The zero-order valence-electron chi connectivity index (χ0n) is 9.61. The Hall–Kier alpha value is -2.23. The van der Waals surface area contributed by atoms with Crippen molar-refractivity contribution in [2.45, 2.75) is 19.8 Å². The Morgan fingerprint density at radius 3 is 2.83 bits per heavy atom. The number of aromatic nitrogens is 1. The van der Waals surface area contributed by atoms with Crippen LogP contribution in [0, 0.1) is 11.3 Å². The summed E-state index contributed by atoms with van der Waals surface area (Å²) in [6.45, 7) is 1.75. The minimum Gasteiger partial charge on any atom is -0.466 e. The number of esters is 1. The number of nitrogens with zero attached hydrogens (tertiary/aromatic N) is 2. The topological polar surface area (TPSA) is 89.0 Å². The summed E-state index contributed by atoms with van der Waals surface area (Å²) >= 11 is 0. The SMILES string of the molecule is CCOC(=O)Cc1cnc(N)c(C#N)c1C(F)F. The lowest BCUT2D eigenvalue weighted by molar-refractivity contribution is -0.142. The fraction of sp³-hybridized carbons (Fsp3) is 0.364. The van der Waals surface area contributed by atoms with E-state index in [4.69, 9.17) is 11.0 Å². The predicted molar refractivity (Wildman–Crippen MR) is 58.7 cm³/mol. The Bertz CT molecular complexity index is 498. The van der Waals surface area contributed by atoms with Gasteiger partial charge in [-0.2, -0.15) is 5.26 Å². The van der Waals surface area contributed by atoms with E-state index in [0.29, 0.717) is 0 Å². The van der Waals surface area contributed by atoms with E-state index in [-0.39, 0.29) is 24.4 Å². The van der Waals surface area contributed by atoms with Crippen molar-refractivity contribution in [2.75, 3.05) is 12.3 Å². The van der Waals surface area contributed by atoms with Crippen molar-refractivity contribution in [3.05, 3.63) is 22.9 Å². The quantitative estimate of drug-likeness (QED) is 0.825. The Morgan fingerprint density at radius 1 is 1.67 bits per heavy atom. The molecule has 2 N–H and O–H groups in total. The summed E-state index contributed by atoms with van der Waals surface area (Å²) in [5.41, 5.74) is 4.34. The Morgan fingerprint density at radius 2 is 2.33 bits per heavy atom. The minimum absolute atomic E-state index is 0.0470. The number of halogens is 2. The normalized spacial score (nSPS) is 10.2. The number of rotatable bonds is 4. The largest absolute Gasteiger partial charge is 0.466 e. The average Bonchev–Trinajstić information content (AvgIpc) is 2.30. The number of pyridine rings is 1. The molecular weight excluding hydrogens is 244 g/mol. The molecule has 0 spiro atoms. The maximum absolute atomic E-state index is 12.9. The van der Waals surface area contributed by atoms with Gasteiger partial charge in [-0.3, -0.25) is 4.79 Å². The van der Waals surface area contributed by atoms with Crippen LogP contribution in [0.2, 0.25) is 0 Å². The van der Waals surface area contributed by atoms with Crippen molar-refractivity contribution in [2.24, 2.45) is 0 Å². The number of nitriles is 1. The molecule has 0 fully saturated rings. The molecule has 1 rings (SSSR count). The number of ether oxygens (including phenoxy) is 1. The van der Waals surface area contributed by atoms with Crippen LogP contribution in [-0.4, -0.2) is 17.6 Å². The van der Waals surface area contributed by atoms with Crippen LogP contribution in [0.3, 0.4) is 0 Å². The summed E-state index contributed by atoms with van der Waals surface area (Å²) in [5.74, 6) is -0.935. The first-order chi connectivity index (χ1) is 8.51. The summed E-state index contributed by atoms with van der Waals surface area (Å²) < 4.78 is 30.5. The van der Waals surface area contributed by atoms with Crippen molar-refractivity contribution in [1.29, 1.82) is 5.26 Å². The van der Waals surface area contributed by atoms with E-state index in [1.54, 1.807) is 13.0 Å². The van der Waals surface area contributed by atoms with Crippen LogP contribution >= 0.6 is 0 Å². The summed E-state index contributed by atoms with van der Waals surface area (Å²) in [4.78, 5) is 14.9. The van der Waals surface area contributed by atoms with Gasteiger partial charge in [-0.25, -0.2) is 13.8 Å². The molecule has 0 atom stereocenters. The van der Waals surface area contributed by atoms with Gasteiger partial charge >= 0.3 is 5.97 Å². The van der Waals surface area contributed by atoms with Crippen LogP contribution in [0.4, 0.5) is 14.6 Å². The average molecular weight is 255 g/mol. The van der Waals surface area contributed by atoms with Gasteiger partial charge in [-0.15, -0.1) is 0 Å². The van der Waals surface area contributed by atoms with Crippen LogP contribution in [0.25, 0.3) is 0 Å². The monoisotopic (exact) mass is 255 g/mol. The first kappa shape index (κ1) is 13.8. The number of anilines is 1. The summed E-state index contributed by atoms with van der Waals surface area (Å²) in [6.07, 6.45) is -2.21. The lowest BCUT2D eigenvalue weighted by atomic mass is 10.0. The highest BCUT2D eigenvalue weighted by Crippen LogP contribution is 2.29. The Labute approximate surface area is 102 Å². The number of hydrogen-bond donors (Lipinski definition) is 1. The van der Waals surface area contributed by atoms with Gasteiger partial charge in [-0.05, 0) is 12.5 Å². The van der Waals surface area contributed by atoms with Gasteiger partial charge in [0.25, 0.3) is 6.43 Å². The molecule has 0 radical (unpaired) electrons. The molecule has 0 aliphatic rings. The summed E-state index contributed by atoms with van der Waals surface area (Å²) in [6, 6.07) is 1.57. The highest BCUT2D eigenvalue weighted by Gasteiger charge is 2.22. The van der Waals surface area contributed by atoms with Crippen molar-refractivity contribution in [3.63, 3.8) is 0 Å². The van der Waals surface area contributed by atoms with Gasteiger partial charge in [0, 0.05) is 11.8 Å². The van der Waals surface area contributed by atoms with Crippen molar-refractivity contribution in [1.82, 2.24) is 4.98 Å². The predicted octanol–water partition coefficient (Wildman–Crippen LogP) is 1.58. The number of alkyl halides is 2. The molecule has 0 saturated heterocycles. The molecule has 5 nitrogen and oxygen atoms in total. The number of nitrogens with two attached hydrogens (primary N) is 1. The smallest absolute Gasteiger partial charge is 0.310 e. The molecule has 1 aromatic rings. The maximum Gasteiger partial charge on any atom is 0.310 e. The van der Waals surface area contributed by atoms with Gasteiger partial charge in [0.1, 0.15) is 17.5 Å². The third kappa shape index (κ3) is 2.91. The van der Waals surface area contributed by atoms with Crippen molar-refractivity contribution >= 4 is 11.8 Å². The molecule has 0 bridgehead atoms. The van der Waals surface area contributed by atoms with Crippen LogP contribution in [0.1, 0.15) is 30.0 Å². The van der Waals surface area contributed by atoms with Crippen molar-refractivity contribution in [3.8, 4) is 6.07 Å². The van der Waals surface area contributed by atoms with E-state index in [1.807, 2.05) is 0 Å². The fourth-order valence-corrected chi connectivity index (χ4v) is 1.46. The lowest BCUT2D eigenvalue weighted by Crippen LogP contribution is -2.12. The zero-order valence-corrected chi connectivity index (χ0v) is 9.61. The van der Waals surface area contributed by atoms with Crippen LogP contribution in [0.15, 0.2) is 6.20 Å². The van der Waals surface area contributed by atoms with Gasteiger partial charge in [0.05, 0.1) is 13.0 Å². The van der Waals surface area contributed by atoms with Crippen LogP contribution < -0.4 is 5.73 Å². The standard InChI is InChI=1S/C11H11F2N3O2/c1-2-18-8(17)3-6-5-16-11(15)7(4-14)9(6)10(12)13/h5,10H,2-3H2,1H3,(H2,15,16). The number of carbonyl (C=O) groups is 1. The molecule has 0 saturated carbocycles. The first-order valence-electron chi connectivity index (χ1n) is 5.12. The number of carbonyl (C=O) groups excluding carboxylic acids is 1. The van der Waals surface area contributed by atoms with E-state index >= 15 is 0 Å². The zero-order chi connectivity index (χ0) is 13.7. The summed E-state index contributed by atoms with van der Waals surface area (Å²) in [5, 5.41) is 8.79. The van der Waals surface area contributed by atoms with Gasteiger partial charge in [0.15, 0.2) is 0 Å². The molecular formula is C11H11F2N3O2. The highest BCUT2D eigenvalue weighted by molar-refractivity contribution is 5.74. The third-order valence-electron chi connectivity index (χ3n) is 2.20. The van der Waals surface area contributed by atoms with Crippen LogP contribution in [-0.2, 0) is 16.0 Å². The molecule has 0 amide bonds. The lowest BCUT2D eigenvalue weighted by Gasteiger charge is -2.11. The molecule has 7 heteroatoms. The number of nitrogen functional groups attached to an aromatic ring is 1. The summed E-state index contributed by atoms with van der Waals surface area (Å²) in [7, 11) is 0. The highest BCUT2D eigenvalue weighted by atomic mass is 19.3. The Balaban J connectivity index is 3.20. The van der Waals surface area contributed by atoms with E-state index in [9.17, 15) is 13.6 Å².